The minimum absolute atomic E-state index is 0.00230. The second kappa shape index (κ2) is 9.42. The van der Waals surface area contributed by atoms with Gasteiger partial charge in [-0.15, -0.1) is 0 Å². The first-order valence-electron chi connectivity index (χ1n) is 11.0. The molecule has 0 spiro atoms. The third kappa shape index (κ3) is 4.47. The molecule has 0 bridgehead atoms. The van der Waals surface area contributed by atoms with Gasteiger partial charge in [-0.2, -0.15) is 0 Å². The number of nitrogens with one attached hydrogen (secondary N) is 1. The van der Waals surface area contributed by atoms with Crippen LogP contribution in [0.25, 0.3) is 0 Å². The van der Waals surface area contributed by atoms with E-state index in [4.69, 9.17) is 9.47 Å². The largest absolute Gasteiger partial charge is 0.489 e. The summed E-state index contributed by atoms with van der Waals surface area (Å²) < 4.78 is 11.6. The molecule has 3 aliphatic rings. The molecule has 1 amide bonds. The smallest absolute Gasteiger partial charge is 0.259 e. The maximum atomic E-state index is 13.0. The Kier molecular flexibility index (Phi) is 6.05. The van der Waals surface area contributed by atoms with Gasteiger partial charge in [-0.25, -0.2) is 0 Å². The zero-order valence-electron chi connectivity index (χ0n) is 18.0. The van der Waals surface area contributed by atoms with Crippen LogP contribution in [0.3, 0.4) is 0 Å². The first kappa shape index (κ1) is 20.5. The summed E-state index contributed by atoms with van der Waals surface area (Å²) in [5, 5.41) is 3.07. The Morgan fingerprint density at radius 2 is 1.81 bits per heavy atom. The Morgan fingerprint density at radius 1 is 1.00 bits per heavy atom. The molecule has 1 N–H and O–H groups in total. The number of rotatable bonds is 6. The van der Waals surface area contributed by atoms with Gasteiger partial charge in [0.15, 0.2) is 0 Å². The molecular formula is C26H27N3O3. The molecule has 1 saturated heterocycles. The lowest BCUT2D eigenvalue weighted by atomic mass is 10.1. The molecule has 3 heterocycles. The molecule has 0 aliphatic carbocycles. The molecular weight excluding hydrogens is 402 g/mol. The van der Waals surface area contributed by atoms with Gasteiger partial charge >= 0.3 is 0 Å². The summed E-state index contributed by atoms with van der Waals surface area (Å²) in [6.45, 7) is 5.51. The molecule has 0 aromatic heterocycles. The molecule has 32 heavy (non-hydrogen) atoms. The van der Waals surface area contributed by atoms with Crippen LogP contribution in [0, 0.1) is 0 Å². The zero-order valence-corrected chi connectivity index (χ0v) is 18.0. The van der Waals surface area contributed by atoms with Crippen LogP contribution in [0.1, 0.15) is 27.0 Å². The lowest BCUT2D eigenvalue weighted by Gasteiger charge is -2.26. The fraction of sp³-hybridized carbons (Fsp3) is 0.269. The molecule has 164 valence electrons. The molecule has 6 nitrogen and oxygen atoms in total. The highest BCUT2D eigenvalue weighted by Gasteiger charge is 2.31. The molecule has 0 radical (unpaired) electrons. The molecule has 2 aromatic rings. The summed E-state index contributed by atoms with van der Waals surface area (Å²) in [6.07, 6.45) is 9.42. The van der Waals surface area contributed by atoms with Crippen molar-refractivity contribution in [2.75, 3.05) is 26.3 Å². The van der Waals surface area contributed by atoms with Gasteiger partial charge in [0, 0.05) is 43.2 Å². The summed E-state index contributed by atoms with van der Waals surface area (Å²) in [5.41, 5.74) is 4.88. The third-order valence-electron chi connectivity index (χ3n) is 5.97. The van der Waals surface area contributed by atoms with Crippen molar-refractivity contribution in [2.24, 2.45) is 0 Å². The van der Waals surface area contributed by atoms with Gasteiger partial charge < -0.3 is 19.7 Å². The van der Waals surface area contributed by atoms with Crippen LogP contribution in [0.15, 0.2) is 78.8 Å². The molecule has 6 heteroatoms. The number of ether oxygens (including phenoxy) is 2. The SMILES string of the molecule is O=C1c2cccc(OCc3ccc(CN4CCOCC4)cc3)c2CN1C1=CNC=CC=C1. The molecule has 0 unspecified atom stereocenters. The first-order valence-corrected chi connectivity index (χ1v) is 11.0. The second-order valence-electron chi connectivity index (χ2n) is 8.12. The van der Waals surface area contributed by atoms with Crippen molar-refractivity contribution < 1.29 is 14.3 Å². The van der Waals surface area contributed by atoms with E-state index in [-0.39, 0.29) is 5.91 Å². The highest BCUT2D eigenvalue weighted by Crippen LogP contribution is 2.33. The van der Waals surface area contributed by atoms with E-state index in [1.165, 1.54) is 5.56 Å². The minimum atomic E-state index is -0.00230. The molecule has 2 aromatic carbocycles. The van der Waals surface area contributed by atoms with Crippen molar-refractivity contribution in [3.8, 4) is 5.75 Å². The Balaban J connectivity index is 1.24. The Bertz CT molecular complexity index is 1070. The molecule has 3 aliphatic heterocycles. The van der Waals surface area contributed by atoms with Gasteiger partial charge in [-0.05, 0) is 35.4 Å². The van der Waals surface area contributed by atoms with Crippen molar-refractivity contribution in [1.29, 1.82) is 0 Å². The van der Waals surface area contributed by atoms with Crippen molar-refractivity contribution in [1.82, 2.24) is 15.1 Å². The van der Waals surface area contributed by atoms with Crippen molar-refractivity contribution >= 4 is 5.91 Å². The van der Waals surface area contributed by atoms with Gasteiger partial charge in [-0.3, -0.25) is 9.69 Å². The van der Waals surface area contributed by atoms with E-state index in [2.05, 4.69) is 34.5 Å². The molecule has 5 rings (SSSR count). The topological polar surface area (TPSA) is 54.0 Å². The third-order valence-corrected chi connectivity index (χ3v) is 5.97. The Labute approximate surface area is 188 Å². The fourth-order valence-electron chi connectivity index (χ4n) is 4.18. The van der Waals surface area contributed by atoms with E-state index in [0.717, 1.165) is 55.4 Å². The van der Waals surface area contributed by atoms with Crippen LogP contribution in [-0.4, -0.2) is 42.0 Å². The molecule has 1 fully saturated rings. The van der Waals surface area contributed by atoms with Crippen LogP contribution >= 0.6 is 0 Å². The quantitative estimate of drug-likeness (QED) is 0.761. The zero-order chi connectivity index (χ0) is 21.8. The number of benzene rings is 2. The van der Waals surface area contributed by atoms with Crippen LogP contribution in [-0.2, 0) is 24.4 Å². The standard InChI is InChI=1S/C26H27N3O3/c30-26-23-5-3-6-25(24(23)18-29(26)22-4-1-2-11-27-16-22)32-19-21-9-7-20(8-10-21)17-28-12-14-31-15-13-28/h1-11,16,27H,12-15,17-19H2. The Morgan fingerprint density at radius 3 is 2.66 bits per heavy atom. The number of hydrogen-bond acceptors (Lipinski definition) is 5. The average Bonchev–Trinajstić information content (AvgIpc) is 3.00. The molecule has 0 atom stereocenters. The maximum absolute atomic E-state index is 13.0. The van der Waals surface area contributed by atoms with Gasteiger partial charge in [0.25, 0.3) is 5.91 Å². The van der Waals surface area contributed by atoms with Gasteiger partial charge in [-0.1, -0.05) is 36.4 Å². The lowest BCUT2D eigenvalue weighted by molar-refractivity contribution is 0.0342. The molecule has 0 saturated carbocycles. The minimum Gasteiger partial charge on any atom is -0.489 e. The van der Waals surface area contributed by atoms with Crippen LogP contribution in [0.2, 0.25) is 0 Å². The fourth-order valence-corrected chi connectivity index (χ4v) is 4.18. The number of nitrogens with zero attached hydrogens (tertiary/aromatic N) is 2. The average molecular weight is 430 g/mol. The van der Waals surface area contributed by atoms with Crippen LogP contribution < -0.4 is 10.1 Å². The van der Waals surface area contributed by atoms with E-state index >= 15 is 0 Å². The second-order valence-corrected chi connectivity index (χ2v) is 8.12. The maximum Gasteiger partial charge on any atom is 0.259 e. The Hall–Kier alpha value is -3.35. The number of carbonyl (C=O) groups excluding carboxylic acids is 1. The monoisotopic (exact) mass is 429 g/mol. The number of morpholine rings is 1. The number of carbonyl (C=O) groups is 1. The summed E-state index contributed by atoms with van der Waals surface area (Å²) >= 11 is 0. The number of hydrogen-bond donors (Lipinski definition) is 1. The predicted molar refractivity (Wildman–Crippen MR) is 123 cm³/mol. The predicted octanol–water partition coefficient (Wildman–Crippen LogP) is 3.57. The van der Waals surface area contributed by atoms with Gasteiger partial charge in [0.2, 0.25) is 0 Å². The number of allylic oxidation sites excluding steroid dienone is 3. The van der Waals surface area contributed by atoms with E-state index in [1.807, 2.05) is 48.8 Å². The highest BCUT2D eigenvalue weighted by molar-refractivity contribution is 6.00. The number of amides is 1. The lowest BCUT2D eigenvalue weighted by Crippen LogP contribution is -2.35. The van der Waals surface area contributed by atoms with Crippen LogP contribution in [0.4, 0.5) is 0 Å². The van der Waals surface area contributed by atoms with E-state index < -0.39 is 0 Å². The van der Waals surface area contributed by atoms with Gasteiger partial charge in [0.05, 0.1) is 25.5 Å². The van der Waals surface area contributed by atoms with Crippen LogP contribution in [0.5, 0.6) is 5.75 Å². The summed E-state index contributed by atoms with van der Waals surface area (Å²) in [7, 11) is 0. The first-order chi connectivity index (χ1) is 15.8. The van der Waals surface area contributed by atoms with E-state index in [1.54, 1.807) is 4.90 Å². The van der Waals surface area contributed by atoms with Crippen molar-refractivity contribution in [3.05, 3.63) is 101 Å². The number of fused-ring (bicyclic) bond motifs is 1. The highest BCUT2D eigenvalue weighted by atomic mass is 16.5. The van der Waals surface area contributed by atoms with E-state index in [9.17, 15) is 4.79 Å². The van der Waals surface area contributed by atoms with E-state index in [0.29, 0.717) is 18.7 Å². The normalized spacial score (nSPS) is 18.2. The summed E-state index contributed by atoms with van der Waals surface area (Å²) in [6, 6.07) is 14.3. The van der Waals surface area contributed by atoms with Crippen molar-refractivity contribution in [3.63, 3.8) is 0 Å². The summed E-state index contributed by atoms with van der Waals surface area (Å²) in [4.78, 5) is 17.2. The summed E-state index contributed by atoms with van der Waals surface area (Å²) in [5.74, 6) is 0.762. The van der Waals surface area contributed by atoms with Gasteiger partial charge in [0.1, 0.15) is 12.4 Å². The van der Waals surface area contributed by atoms with Crippen molar-refractivity contribution in [2.45, 2.75) is 19.7 Å².